The van der Waals surface area contributed by atoms with Crippen LogP contribution in [-0.2, 0) is 6.54 Å². The van der Waals surface area contributed by atoms with Crippen molar-refractivity contribution in [1.82, 2.24) is 14.5 Å². The zero-order chi connectivity index (χ0) is 14.7. The van der Waals surface area contributed by atoms with Gasteiger partial charge in [-0.15, -0.1) is 0 Å². The number of methoxy groups -OCH3 is 2. The Balaban J connectivity index is 2.45. The van der Waals surface area contributed by atoms with Crippen molar-refractivity contribution in [3.63, 3.8) is 0 Å². The molecule has 2 rings (SSSR count). The van der Waals surface area contributed by atoms with E-state index in [1.165, 1.54) is 25.1 Å². The Labute approximate surface area is 119 Å². The molecule has 0 aliphatic heterocycles. The number of hydrogen-bond donors (Lipinski definition) is 1. The quantitative estimate of drug-likeness (QED) is 0.844. The van der Waals surface area contributed by atoms with Crippen molar-refractivity contribution in [2.45, 2.75) is 6.54 Å². The van der Waals surface area contributed by atoms with Gasteiger partial charge in [-0.2, -0.15) is 0 Å². The van der Waals surface area contributed by atoms with E-state index in [9.17, 15) is 4.79 Å². The molecule has 0 aromatic carbocycles. The number of aromatic nitrogens is 3. The van der Waals surface area contributed by atoms with E-state index >= 15 is 0 Å². The molecular formula is C12H13ClN4O3. The average Bonchev–Trinajstić information content (AvgIpc) is 2.47. The minimum Gasteiger partial charge on any atom is -0.493 e. The van der Waals surface area contributed by atoms with Crippen molar-refractivity contribution >= 4 is 17.3 Å². The van der Waals surface area contributed by atoms with E-state index in [2.05, 4.69) is 9.97 Å². The first-order valence-corrected chi connectivity index (χ1v) is 6.02. The van der Waals surface area contributed by atoms with Crippen LogP contribution in [0.15, 0.2) is 23.4 Å². The average molecular weight is 297 g/mol. The van der Waals surface area contributed by atoms with Gasteiger partial charge in [0.05, 0.1) is 27.1 Å². The van der Waals surface area contributed by atoms with Gasteiger partial charge in [0.25, 0.3) is 5.56 Å². The van der Waals surface area contributed by atoms with Gasteiger partial charge in [0.2, 0.25) is 0 Å². The van der Waals surface area contributed by atoms with Crippen LogP contribution < -0.4 is 20.8 Å². The van der Waals surface area contributed by atoms with Crippen molar-refractivity contribution in [3.8, 4) is 11.5 Å². The molecule has 0 saturated carbocycles. The summed E-state index contributed by atoms with van der Waals surface area (Å²) in [5, 5.41) is -0.0168. The van der Waals surface area contributed by atoms with Gasteiger partial charge in [0.15, 0.2) is 16.7 Å². The Morgan fingerprint density at radius 2 is 2.10 bits per heavy atom. The van der Waals surface area contributed by atoms with Crippen molar-refractivity contribution in [1.29, 1.82) is 0 Å². The summed E-state index contributed by atoms with van der Waals surface area (Å²) in [6.07, 6.45) is 2.87. The van der Waals surface area contributed by atoms with E-state index < -0.39 is 5.56 Å². The van der Waals surface area contributed by atoms with Crippen LogP contribution in [0.2, 0.25) is 5.15 Å². The van der Waals surface area contributed by atoms with Crippen molar-refractivity contribution < 1.29 is 9.47 Å². The SMILES string of the molecule is COc1ccnc(Cn2cnc(Cl)c(N)c2=O)c1OC. The molecule has 0 radical (unpaired) electrons. The second-order valence-electron chi connectivity index (χ2n) is 3.88. The number of halogens is 1. The molecule has 0 bridgehead atoms. The molecule has 0 fully saturated rings. The van der Waals surface area contributed by atoms with Crippen LogP contribution in [0.1, 0.15) is 5.69 Å². The van der Waals surface area contributed by atoms with Gasteiger partial charge in [-0.05, 0) is 0 Å². The van der Waals surface area contributed by atoms with E-state index in [-0.39, 0.29) is 17.4 Å². The summed E-state index contributed by atoms with van der Waals surface area (Å²) in [6.45, 7) is 0.146. The van der Waals surface area contributed by atoms with E-state index in [1.54, 1.807) is 12.3 Å². The lowest BCUT2D eigenvalue weighted by Gasteiger charge is -2.12. The van der Waals surface area contributed by atoms with E-state index in [0.717, 1.165) is 0 Å². The third kappa shape index (κ3) is 2.53. The fourth-order valence-electron chi connectivity index (χ4n) is 1.72. The zero-order valence-corrected chi connectivity index (χ0v) is 11.7. The predicted octanol–water partition coefficient (Wildman–Crippen LogP) is 0.939. The molecule has 20 heavy (non-hydrogen) atoms. The molecule has 0 spiro atoms. The lowest BCUT2D eigenvalue weighted by atomic mass is 10.3. The number of rotatable bonds is 4. The molecular weight excluding hydrogens is 284 g/mol. The number of ether oxygens (including phenoxy) is 2. The molecule has 0 aliphatic rings. The highest BCUT2D eigenvalue weighted by atomic mass is 35.5. The van der Waals surface area contributed by atoms with Gasteiger partial charge < -0.3 is 15.2 Å². The normalized spacial score (nSPS) is 10.3. The third-order valence-corrected chi connectivity index (χ3v) is 3.01. The molecule has 2 aromatic heterocycles. The minimum atomic E-state index is -0.434. The Morgan fingerprint density at radius 1 is 1.35 bits per heavy atom. The summed E-state index contributed by atoms with van der Waals surface area (Å²) in [7, 11) is 3.02. The first-order chi connectivity index (χ1) is 9.58. The summed E-state index contributed by atoms with van der Waals surface area (Å²) in [5.74, 6) is 0.982. The molecule has 0 saturated heterocycles. The van der Waals surface area contributed by atoms with Crippen LogP contribution in [0.3, 0.4) is 0 Å². The third-order valence-electron chi connectivity index (χ3n) is 2.71. The van der Waals surface area contributed by atoms with Crippen molar-refractivity contribution in [2.75, 3.05) is 20.0 Å². The lowest BCUT2D eigenvalue weighted by Crippen LogP contribution is -2.24. The molecule has 2 N–H and O–H groups in total. The maximum Gasteiger partial charge on any atom is 0.278 e. The van der Waals surface area contributed by atoms with Gasteiger partial charge in [-0.1, -0.05) is 11.6 Å². The van der Waals surface area contributed by atoms with Gasteiger partial charge in [0.1, 0.15) is 11.4 Å². The molecule has 0 aliphatic carbocycles. The topological polar surface area (TPSA) is 92.3 Å². The number of nitrogen functional groups attached to an aromatic ring is 1. The first-order valence-electron chi connectivity index (χ1n) is 5.64. The first kappa shape index (κ1) is 14.1. The second-order valence-corrected chi connectivity index (χ2v) is 4.23. The molecule has 0 atom stereocenters. The number of nitrogens with two attached hydrogens (primary N) is 1. The van der Waals surface area contributed by atoms with Gasteiger partial charge in [-0.25, -0.2) is 4.98 Å². The Morgan fingerprint density at radius 3 is 2.75 bits per heavy atom. The van der Waals surface area contributed by atoms with Crippen LogP contribution in [0.25, 0.3) is 0 Å². The standard InChI is InChI=1S/C12H13ClN4O3/c1-19-8-3-4-15-7(10(8)20-2)5-17-6-16-11(13)9(14)12(17)18/h3-4,6H,5,14H2,1-2H3. The highest BCUT2D eigenvalue weighted by molar-refractivity contribution is 6.31. The second kappa shape index (κ2) is 5.79. The fourth-order valence-corrected chi connectivity index (χ4v) is 1.85. The molecule has 0 unspecified atom stereocenters. The lowest BCUT2D eigenvalue weighted by molar-refractivity contribution is 0.348. The minimum absolute atomic E-state index is 0.0168. The van der Waals surface area contributed by atoms with Crippen LogP contribution in [-0.4, -0.2) is 28.8 Å². The van der Waals surface area contributed by atoms with Gasteiger partial charge in [0, 0.05) is 12.3 Å². The maximum absolute atomic E-state index is 12.0. The highest BCUT2D eigenvalue weighted by Crippen LogP contribution is 2.29. The van der Waals surface area contributed by atoms with E-state index in [0.29, 0.717) is 17.2 Å². The number of pyridine rings is 1. The smallest absolute Gasteiger partial charge is 0.278 e. The van der Waals surface area contributed by atoms with Crippen LogP contribution >= 0.6 is 11.6 Å². The summed E-state index contributed by atoms with van der Waals surface area (Å²) >= 11 is 5.69. The summed E-state index contributed by atoms with van der Waals surface area (Å²) in [6, 6.07) is 1.67. The van der Waals surface area contributed by atoms with E-state index in [1.807, 2.05) is 0 Å². The Bertz CT molecular complexity index is 687. The molecule has 0 amide bonds. The van der Waals surface area contributed by atoms with Crippen LogP contribution in [0.4, 0.5) is 5.69 Å². The van der Waals surface area contributed by atoms with Crippen LogP contribution in [0, 0.1) is 0 Å². The summed E-state index contributed by atoms with van der Waals surface area (Å²) in [5.41, 5.74) is 5.55. The molecule has 2 heterocycles. The molecule has 2 aromatic rings. The monoisotopic (exact) mass is 296 g/mol. The maximum atomic E-state index is 12.0. The molecule has 106 valence electrons. The Hall–Kier alpha value is -2.28. The molecule has 7 nitrogen and oxygen atoms in total. The van der Waals surface area contributed by atoms with Crippen molar-refractivity contribution in [3.05, 3.63) is 39.8 Å². The van der Waals surface area contributed by atoms with Gasteiger partial charge >= 0.3 is 0 Å². The predicted molar refractivity (Wildman–Crippen MR) is 74.4 cm³/mol. The number of nitrogens with zero attached hydrogens (tertiary/aromatic N) is 3. The fraction of sp³-hybridized carbons (Fsp3) is 0.250. The summed E-state index contributed by atoms with van der Waals surface area (Å²) in [4.78, 5) is 20.0. The number of hydrogen-bond acceptors (Lipinski definition) is 6. The largest absolute Gasteiger partial charge is 0.493 e. The van der Waals surface area contributed by atoms with Crippen LogP contribution in [0.5, 0.6) is 11.5 Å². The van der Waals surface area contributed by atoms with E-state index in [4.69, 9.17) is 26.8 Å². The Kier molecular flexibility index (Phi) is 4.09. The highest BCUT2D eigenvalue weighted by Gasteiger charge is 2.13. The van der Waals surface area contributed by atoms with Crippen molar-refractivity contribution in [2.24, 2.45) is 0 Å². The van der Waals surface area contributed by atoms with Gasteiger partial charge in [-0.3, -0.25) is 14.3 Å². The number of anilines is 1. The summed E-state index contributed by atoms with van der Waals surface area (Å²) < 4.78 is 11.7. The molecule has 8 heteroatoms. The zero-order valence-electron chi connectivity index (χ0n) is 11.0.